The lowest BCUT2D eigenvalue weighted by atomic mass is 9.71. The number of fused-ring (bicyclic) bond motifs is 4. The van der Waals surface area contributed by atoms with Crippen molar-refractivity contribution in [2.75, 3.05) is 0 Å². The maximum Gasteiger partial charge on any atom is 0.123 e. The van der Waals surface area contributed by atoms with E-state index in [-0.39, 0.29) is 5.60 Å². The molecule has 1 aliphatic heterocycles. The predicted molar refractivity (Wildman–Crippen MR) is 78.9 cm³/mol. The Bertz CT molecular complexity index is 666. The second-order valence-corrected chi connectivity index (χ2v) is 6.45. The zero-order valence-electron chi connectivity index (χ0n) is 11.7. The number of ether oxygens (including phenoxy) is 1. The van der Waals surface area contributed by atoms with Gasteiger partial charge in [-0.1, -0.05) is 30.3 Å². The molecule has 0 radical (unpaired) electrons. The van der Waals surface area contributed by atoms with Gasteiger partial charge in [0, 0.05) is 11.5 Å². The third-order valence-corrected chi connectivity index (χ3v) is 5.15. The Labute approximate surface area is 118 Å². The molecule has 2 aromatic rings. The SMILES string of the molecule is C[C@@]12CC[C@@H](F)C[C@H]1Cc1c(ccc3ccccc13)O2. The van der Waals surface area contributed by atoms with E-state index >= 15 is 0 Å². The van der Waals surface area contributed by atoms with Crippen molar-refractivity contribution >= 4 is 10.8 Å². The largest absolute Gasteiger partial charge is 0.487 e. The van der Waals surface area contributed by atoms with Gasteiger partial charge in [0.25, 0.3) is 0 Å². The van der Waals surface area contributed by atoms with Gasteiger partial charge in [0.15, 0.2) is 0 Å². The van der Waals surface area contributed by atoms with Crippen molar-refractivity contribution in [2.45, 2.75) is 44.4 Å². The molecule has 1 nitrogen and oxygen atoms in total. The summed E-state index contributed by atoms with van der Waals surface area (Å²) in [6.45, 7) is 2.15. The van der Waals surface area contributed by atoms with Crippen LogP contribution in [-0.2, 0) is 6.42 Å². The summed E-state index contributed by atoms with van der Waals surface area (Å²) in [7, 11) is 0. The molecule has 3 atom stereocenters. The van der Waals surface area contributed by atoms with Crippen molar-refractivity contribution in [3.63, 3.8) is 0 Å². The molecule has 2 heteroatoms. The Morgan fingerprint density at radius 1 is 1.20 bits per heavy atom. The summed E-state index contributed by atoms with van der Waals surface area (Å²) in [5.74, 6) is 1.30. The normalized spacial score (nSPS) is 32.3. The molecule has 0 amide bonds. The van der Waals surface area contributed by atoms with Crippen LogP contribution in [0.25, 0.3) is 10.8 Å². The molecule has 104 valence electrons. The first-order chi connectivity index (χ1) is 9.66. The van der Waals surface area contributed by atoms with E-state index in [0.29, 0.717) is 18.8 Å². The number of alkyl halides is 1. The summed E-state index contributed by atoms with van der Waals surface area (Å²) >= 11 is 0. The third kappa shape index (κ3) is 1.74. The number of rotatable bonds is 0. The zero-order chi connectivity index (χ0) is 13.7. The van der Waals surface area contributed by atoms with Crippen molar-refractivity contribution in [3.05, 3.63) is 42.0 Å². The summed E-state index contributed by atoms with van der Waals surface area (Å²) in [6.07, 6.45) is 2.38. The maximum atomic E-state index is 13.8. The molecular weight excluding hydrogens is 251 g/mol. The van der Waals surface area contributed by atoms with Crippen LogP contribution in [-0.4, -0.2) is 11.8 Å². The standard InChI is InChI=1S/C18H19FO/c1-18-9-8-14(19)10-13(18)11-16-15-5-3-2-4-12(15)6-7-17(16)20-18/h2-7,13-14H,8-11H2,1H3/t13-,14+,18+/m0/s1. The summed E-state index contributed by atoms with van der Waals surface area (Å²) in [6, 6.07) is 12.6. The Kier molecular flexibility index (Phi) is 2.57. The Morgan fingerprint density at radius 3 is 2.95 bits per heavy atom. The fraction of sp³-hybridized carbons (Fsp3) is 0.444. The molecule has 0 bridgehead atoms. The number of hydrogen-bond donors (Lipinski definition) is 0. The Hall–Kier alpha value is -1.57. The maximum absolute atomic E-state index is 13.8. The van der Waals surface area contributed by atoms with Crippen molar-refractivity contribution in [3.8, 4) is 5.75 Å². The van der Waals surface area contributed by atoms with Gasteiger partial charge in [-0.25, -0.2) is 4.39 Å². The van der Waals surface area contributed by atoms with Crippen LogP contribution in [0.2, 0.25) is 0 Å². The van der Waals surface area contributed by atoms with E-state index < -0.39 is 6.17 Å². The van der Waals surface area contributed by atoms with Gasteiger partial charge >= 0.3 is 0 Å². The van der Waals surface area contributed by atoms with E-state index in [2.05, 4.69) is 43.3 Å². The number of benzene rings is 2. The molecule has 0 unspecified atom stereocenters. The van der Waals surface area contributed by atoms with Crippen LogP contribution in [0.15, 0.2) is 36.4 Å². The fourth-order valence-electron chi connectivity index (χ4n) is 3.88. The lowest BCUT2D eigenvalue weighted by Crippen LogP contribution is -2.49. The average molecular weight is 270 g/mol. The smallest absolute Gasteiger partial charge is 0.123 e. The van der Waals surface area contributed by atoms with Crippen LogP contribution >= 0.6 is 0 Å². The second-order valence-electron chi connectivity index (χ2n) is 6.45. The highest BCUT2D eigenvalue weighted by atomic mass is 19.1. The molecule has 0 spiro atoms. The van der Waals surface area contributed by atoms with Crippen LogP contribution in [0, 0.1) is 5.92 Å². The van der Waals surface area contributed by atoms with E-state index in [1.54, 1.807) is 0 Å². The van der Waals surface area contributed by atoms with Gasteiger partial charge in [0.2, 0.25) is 0 Å². The van der Waals surface area contributed by atoms with E-state index in [9.17, 15) is 4.39 Å². The van der Waals surface area contributed by atoms with E-state index in [1.165, 1.54) is 16.3 Å². The molecule has 0 saturated heterocycles. The van der Waals surface area contributed by atoms with Crippen molar-refractivity contribution in [1.29, 1.82) is 0 Å². The van der Waals surface area contributed by atoms with E-state index in [4.69, 9.17) is 4.74 Å². The highest BCUT2D eigenvalue weighted by Gasteiger charge is 2.45. The lowest BCUT2D eigenvalue weighted by molar-refractivity contribution is -0.0419. The zero-order valence-corrected chi connectivity index (χ0v) is 11.7. The minimum Gasteiger partial charge on any atom is -0.487 e. The molecule has 1 aliphatic carbocycles. The average Bonchev–Trinajstić information content (AvgIpc) is 2.46. The molecular formula is C18H19FO. The Balaban J connectivity index is 1.84. The first-order valence-electron chi connectivity index (χ1n) is 7.49. The van der Waals surface area contributed by atoms with E-state index in [0.717, 1.165) is 18.6 Å². The van der Waals surface area contributed by atoms with Crippen molar-refractivity contribution in [2.24, 2.45) is 5.92 Å². The highest BCUT2D eigenvalue weighted by Crippen LogP contribution is 2.47. The summed E-state index contributed by atoms with van der Waals surface area (Å²) in [4.78, 5) is 0. The molecule has 1 fully saturated rings. The van der Waals surface area contributed by atoms with Crippen LogP contribution < -0.4 is 4.74 Å². The predicted octanol–water partition coefficient (Wildman–Crippen LogP) is 4.67. The van der Waals surface area contributed by atoms with Gasteiger partial charge < -0.3 is 4.74 Å². The van der Waals surface area contributed by atoms with Gasteiger partial charge in [-0.3, -0.25) is 0 Å². The van der Waals surface area contributed by atoms with Crippen LogP contribution in [0.3, 0.4) is 0 Å². The number of hydrogen-bond acceptors (Lipinski definition) is 1. The first kappa shape index (κ1) is 12.2. The van der Waals surface area contributed by atoms with Gasteiger partial charge in [-0.2, -0.15) is 0 Å². The molecule has 2 aliphatic rings. The minimum atomic E-state index is -0.659. The van der Waals surface area contributed by atoms with Gasteiger partial charge in [-0.05, 0) is 49.4 Å². The number of halogens is 1. The van der Waals surface area contributed by atoms with Crippen LogP contribution in [0.1, 0.15) is 31.7 Å². The van der Waals surface area contributed by atoms with Crippen molar-refractivity contribution < 1.29 is 9.13 Å². The van der Waals surface area contributed by atoms with Gasteiger partial charge in [-0.15, -0.1) is 0 Å². The molecule has 0 aromatic heterocycles. The van der Waals surface area contributed by atoms with Gasteiger partial charge in [0.1, 0.15) is 17.5 Å². The van der Waals surface area contributed by atoms with Crippen LogP contribution in [0.5, 0.6) is 5.75 Å². The summed E-state index contributed by atoms with van der Waals surface area (Å²) in [5.41, 5.74) is 1.08. The topological polar surface area (TPSA) is 9.23 Å². The van der Waals surface area contributed by atoms with Gasteiger partial charge in [0.05, 0.1) is 0 Å². The molecule has 4 rings (SSSR count). The highest BCUT2D eigenvalue weighted by molar-refractivity contribution is 5.88. The molecule has 1 heterocycles. The Morgan fingerprint density at radius 2 is 2.05 bits per heavy atom. The minimum absolute atomic E-state index is 0.182. The van der Waals surface area contributed by atoms with E-state index in [1.807, 2.05) is 0 Å². The summed E-state index contributed by atoms with van der Waals surface area (Å²) < 4.78 is 20.1. The molecule has 1 saturated carbocycles. The fourth-order valence-corrected chi connectivity index (χ4v) is 3.88. The van der Waals surface area contributed by atoms with Crippen LogP contribution in [0.4, 0.5) is 4.39 Å². The molecule has 20 heavy (non-hydrogen) atoms. The molecule has 2 aromatic carbocycles. The summed E-state index contributed by atoms with van der Waals surface area (Å²) in [5, 5.41) is 2.50. The quantitative estimate of drug-likeness (QED) is 0.676. The van der Waals surface area contributed by atoms with Crippen molar-refractivity contribution in [1.82, 2.24) is 0 Å². The second kappa shape index (κ2) is 4.21. The monoisotopic (exact) mass is 270 g/mol. The lowest BCUT2D eigenvalue weighted by Gasteiger charge is -2.46. The molecule has 0 N–H and O–H groups in total. The first-order valence-corrected chi connectivity index (χ1v) is 7.49. The third-order valence-electron chi connectivity index (χ3n) is 5.15.